The highest BCUT2D eigenvalue weighted by atomic mass is 35.5. The van der Waals surface area contributed by atoms with E-state index in [-0.39, 0.29) is 12.4 Å². The van der Waals surface area contributed by atoms with Gasteiger partial charge in [-0.15, -0.1) is 0 Å². The quantitative estimate of drug-likeness (QED) is 0.509. The van der Waals surface area contributed by atoms with Crippen molar-refractivity contribution in [2.75, 3.05) is 17.6 Å². The number of nitrogens with zero attached hydrogens (tertiary/aromatic N) is 2. The third kappa shape index (κ3) is 5.91. The van der Waals surface area contributed by atoms with E-state index in [1.54, 1.807) is 6.07 Å². The van der Waals surface area contributed by atoms with Gasteiger partial charge in [0.2, 0.25) is 5.95 Å². The topological polar surface area (TPSA) is 101 Å². The molecule has 4 N–H and O–H groups in total. The van der Waals surface area contributed by atoms with Gasteiger partial charge in [-0.05, 0) is 12.8 Å². The number of nitrogens with one attached hydrogen (secondary N) is 1. The molecule has 0 aromatic carbocycles. The first-order valence-electron chi connectivity index (χ1n) is 5.33. The van der Waals surface area contributed by atoms with Crippen molar-refractivity contribution < 1.29 is 9.90 Å². The Hall–Kier alpha value is -1.56. The summed E-state index contributed by atoms with van der Waals surface area (Å²) in [4.78, 5) is 18.0. The summed E-state index contributed by atoms with van der Waals surface area (Å²) in [5.74, 6) is -0.0417. The second kappa shape index (κ2) is 6.90. The van der Waals surface area contributed by atoms with E-state index in [4.69, 9.17) is 22.4 Å². The number of anilines is 2. The molecule has 0 aliphatic heterocycles. The van der Waals surface area contributed by atoms with Crippen molar-refractivity contribution in [3.63, 3.8) is 0 Å². The number of aromatic nitrogens is 2. The van der Waals surface area contributed by atoms with Gasteiger partial charge >= 0.3 is 5.97 Å². The fourth-order valence-electron chi connectivity index (χ4n) is 1.32. The Morgan fingerprint density at radius 1 is 1.41 bits per heavy atom. The molecule has 0 saturated carbocycles. The lowest BCUT2D eigenvalue weighted by Crippen LogP contribution is -2.06. The molecule has 0 aliphatic rings. The molecule has 17 heavy (non-hydrogen) atoms. The maximum atomic E-state index is 10.3. The second-order valence-corrected chi connectivity index (χ2v) is 3.95. The first-order valence-corrected chi connectivity index (χ1v) is 5.71. The van der Waals surface area contributed by atoms with Crippen LogP contribution < -0.4 is 11.1 Å². The van der Waals surface area contributed by atoms with Crippen molar-refractivity contribution in [2.45, 2.75) is 25.7 Å². The van der Waals surface area contributed by atoms with E-state index in [1.165, 1.54) is 0 Å². The van der Waals surface area contributed by atoms with Gasteiger partial charge in [-0.1, -0.05) is 18.0 Å². The third-order valence-corrected chi connectivity index (χ3v) is 2.28. The van der Waals surface area contributed by atoms with E-state index >= 15 is 0 Å². The number of carboxylic acid groups (broad SMARTS) is 1. The van der Waals surface area contributed by atoms with Crippen molar-refractivity contribution in [1.29, 1.82) is 0 Å². The average Bonchev–Trinajstić information content (AvgIpc) is 2.21. The predicted octanol–water partition coefficient (Wildman–Crippen LogP) is 1.77. The fourth-order valence-corrected chi connectivity index (χ4v) is 1.51. The van der Waals surface area contributed by atoms with Gasteiger partial charge in [0.1, 0.15) is 11.0 Å². The lowest BCUT2D eigenvalue weighted by Gasteiger charge is -2.05. The molecule has 0 radical (unpaired) electrons. The summed E-state index contributed by atoms with van der Waals surface area (Å²) in [5.41, 5.74) is 5.43. The lowest BCUT2D eigenvalue weighted by molar-refractivity contribution is -0.137. The van der Waals surface area contributed by atoms with Crippen LogP contribution in [0.1, 0.15) is 25.7 Å². The molecule has 1 rings (SSSR count). The van der Waals surface area contributed by atoms with Crippen LogP contribution in [0.15, 0.2) is 6.07 Å². The van der Waals surface area contributed by atoms with E-state index in [0.29, 0.717) is 23.9 Å². The average molecular weight is 259 g/mol. The number of nitrogens with two attached hydrogens (primary N) is 1. The zero-order valence-corrected chi connectivity index (χ0v) is 10.1. The highest BCUT2D eigenvalue weighted by Crippen LogP contribution is 2.12. The third-order valence-electron chi connectivity index (χ3n) is 2.09. The summed E-state index contributed by atoms with van der Waals surface area (Å²) in [6, 6.07) is 1.59. The number of carbonyl (C=O) groups is 1. The first kappa shape index (κ1) is 13.5. The molecule has 0 aliphatic carbocycles. The first-order chi connectivity index (χ1) is 8.08. The molecule has 0 bridgehead atoms. The largest absolute Gasteiger partial charge is 0.481 e. The molecular weight excluding hydrogens is 244 g/mol. The normalized spacial score (nSPS) is 10.2. The van der Waals surface area contributed by atoms with Crippen LogP contribution in [0.3, 0.4) is 0 Å². The van der Waals surface area contributed by atoms with Crippen LogP contribution in [0.4, 0.5) is 11.8 Å². The van der Waals surface area contributed by atoms with Crippen LogP contribution in [-0.2, 0) is 4.79 Å². The van der Waals surface area contributed by atoms with Crippen molar-refractivity contribution in [3.05, 3.63) is 11.2 Å². The summed E-state index contributed by atoms with van der Waals surface area (Å²) in [6.45, 7) is 0.701. The Morgan fingerprint density at radius 3 is 2.82 bits per heavy atom. The lowest BCUT2D eigenvalue weighted by atomic mass is 10.2. The minimum Gasteiger partial charge on any atom is -0.481 e. The molecule has 0 amide bonds. The zero-order chi connectivity index (χ0) is 12.7. The molecule has 0 unspecified atom stereocenters. The van der Waals surface area contributed by atoms with Crippen molar-refractivity contribution >= 4 is 29.3 Å². The van der Waals surface area contributed by atoms with Crippen molar-refractivity contribution in [2.24, 2.45) is 0 Å². The molecule has 0 fully saturated rings. The monoisotopic (exact) mass is 258 g/mol. The Morgan fingerprint density at radius 2 is 2.18 bits per heavy atom. The van der Waals surface area contributed by atoms with E-state index in [2.05, 4.69) is 15.3 Å². The number of carboxylic acids is 1. The molecule has 7 heteroatoms. The van der Waals surface area contributed by atoms with Gasteiger partial charge in [-0.25, -0.2) is 4.98 Å². The van der Waals surface area contributed by atoms with Crippen molar-refractivity contribution in [3.8, 4) is 0 Å². The molecule has 1 heterocycles. The van der Waals surface area contributed by atoms with Crippen LogP contribution in [0.25, 0.3) is 0 Å². The summed E-state index contributed by atoms with van der Waals surface area (Å²) < 4.78 is 0. The summed E-state index contributed by atoms with van der Waals surface area (Å²) in [6.07, 6.45) is 2.62. The van der Waals surface area contributed by atoms with Crippen LogP contribution >= 0.6 is 11.6 Å². The number of nitrogen functional groups attached to an aromatic ring is 1. The van der Waals surface area contributed by atoms with Crippen LogP contribution in [-0.4, -0.2) is 27.6 Å². The number of rotatable bonds is 7. The highest BCUT2D eigenvalue weighted by molar-refractivity contribution is 6.29. The minimum absolute atomic E-state index is 0.130. The molecule has 0 saturated heterocycles. The van der Waals surface area contributed by atoms with Gasteiger partial charge in [0, 0.05) is 19.0 Å². The second-order valence-electron chi connectivity index (χ2n) is 3.57. The fraction of sp³-hybridized carbons (Fsp3) is 0.500. The van der Waals surface area contributed by atoms with Gasteiger partial charge in [0.15, 0.2) is 0 Å². The number of unbranched alkanes of at least 4 members (excludes halogenated alkanes) is 2. The Balaban J connectivity index is 2.20. The Kier molecular flexibility index (Phi) is 5.48. The molecular formula is C10H15ClN4O2. The van der Waals surface area contributed by atoms with Crippen LogP contribution in [0.2, 0.25) is 5.15 Å². The van der Waals surface area contributed by atoms with Gasteiger partial charge < -0.3 is 16.2 Å². The van der Waals surface area contributed by atoms with Crippen molar-refractivity contribution in [1.82, 2.24) is 9.97 Å². The van der Waals surface area contributed by atoms with Gasteiger partial charge in [0.25, 0.3) is 0 Å². The molecule has 94 valence electrons. The predicted molar refractivity (Wildman–Crippen MR) is 66.0 cm³/mol. The number of halogens is 1. The summed E-state index contributed by atoms with van der Waals surface area (Å²) >= 11 is 5.71. The van der Waals surface area contributed by atoms with Gasteiger partial charge in [0.05, 0.1) is 0 Å². The van der Waals surface area contributed by atoms with Gasteiger partial charge in [-0.2, -0.15) is 4.98 Å². The molecule has 0 atom stereocenters. The molecule has 1 aromatic rings. The number of hydrogen-bond acceptors (Lipinski definition) is 5. The van der Waals surface area contributed by atoms with Crippen LogP contribution in [0.5, 0.6) is 0 Å². The standard InChI is InChI=1S/C10H15ClN4O2/c11-7-6-8(15-10(12)14-7)13-5-3-1-2-4-9(16)17/h6H,1-5H2,(H,16,17)(H3,12,13,14,15). The number of hydrogen-bond donors (Lipinski definition) is 3. The SMILES string of the molecule is Nc1nc(Cl)cc(NCCCCCC(=O)O)n1. The maximum absolute atomic E-state index is 10.3. The Bertz CT molecular complexity index is 366. The highest BCUT2D eigenvalue weighted by Gasteiger charge is 2.00. The van der Waals surface area contributed by atoms with E-state index in [0.717, 1.165) is 12.8 Å². The smallest absolute Gasteiger partial charge is 0.303 e. The Labute approximate surface area is 104 Å². The summed E-state index contributed by atoms with van der Waals surface area (Å²) in [5, 5.41) is 11.8. The van der Waals surface area contributed by atoms with E-state index in [9.17, 15) is 4.79 Å². The maximum Gasteiger partial charge on any atom is 0.303 e. The van der Waals surface area contributed by atoms with E-state index < -0.39 is 5.97 Å². The van der Waals surface area contributed by atoms with Gasteiger partial charge in [-0.3, -0.25) is 4.79 Å². The molecule has 6 nitrogen and oxygen atoms in total. The summed E-state index contributed by atoms with van der Waals surface area (Å²) in [7, 11) is 0. The van der Waals surface area contributed by atoms with Crippen LogP contribution in [0, 0.1) is 0 Å². The van der Waals surface area contributed by atoms with E-state index in [1.807, 2.05) is 0 Å². The minimum atomic E-state index is -0.756. The molecule has 0 spiro atoms. The number of aliphatic carboxylic acids is 1. The zero-order valence-electron chi connectivity index (χ0n) is 9.32. The molecule has 1 aromatic heterocycles.